The summed E-state index contributed by atoms with van der Waals surface area (Å²) in [7, 11) is 0. The molecular weight excluding hydrogens is 292 g/mol. The number of Topliss-reactive ketones (excluding diaryl/α,β-unsaturated/α-hetero) is 1. The van der Waals surface area contributed by atoms with Crippen molar-refractivity contribution in [1.82, 2.24) is 20.2 Å². The van der Waals surface area contributed by atoms with Gasteiger partial charge in [0.05, 0.1) is 17.0 Å². The van der Waals surface area contributed by atoms with Gasteiger partial charge < -0.3 is 0 Å². The van der Waals surface area contributed by atoms with Crippen molar-refractivity contribution in [3.05, 3.63) is 28.0 Å². The maximum atomic E-state index is 12.1. The summed E-state index contributed by atoms with van der Waals surface area (Å²) >= 11 is 3.05. The molecule has 5 nitrogen and oxygen atoms in total. The Balaban J connectivity index is 1.80. The molecule has 0 spiro atoms. The lowest BCUT2D eigenvalue weighted by molar-refractivity contribution is 0.0909. The van der Waals surface area contributed by atoms with E-state index in [0.717, 1.165) is 17.1 Å². The number of hydrogen-bond acceptors (Lipinski definition) is 7. The third kappa shape index (κ3) is 2.88. The van der Waals surface area contributed by atoms with Gasteiger partial charge in [0.1, 0.15) is 10.5 Å². The van der Waals surface area contributed by atoms with Crippen molar-refractivity contribution < 1.29 is 4.79 Å². The molecule has 0 saturated heterocycles. The molecule has 20 heavy (non-hydrogen) atoms. The van der Waals surface area contributed by atoms with Crippen molar-refractivity contribution in [3.63, 3.8) is 0 Å². The largest absolute Gasteiger partial charge is 0.294 e. The number of fused-ring (bicyclic) bond motifs is 1. The van der Waals surface area contributed by atoms with Crippen LogP contribution in [0.4, 0.5) is 0 Å². The summed E-state index contributed by atoms with van der Waals surface area (Å²) in [5.74, 6) is 0.859. The fraction of sp³-hybridized carbons (Fsp3) is 0.462. The minimum absolute atomic E-state index is 0.0143. The van der Waals surface area contributed by atoms with Gasteiger partial charge in [0.15, 0.2) is 10.9 Å². The Hall–Kier alpha value is -1.34. The molecule has 0 amide bonds. The highest BCUT2D eigenvalue weighted by atomic mass is 32.2. The van der Waals surface area contributed by atoms with Crippen LogP contribution >= 0.6 is 23.1 Å². The van der Waals surface area contributed by atoms with E-state index < -0.39 is 0 Å². The SMILES string of the molecule is CC1(C)CC(=O)c2cnc(SCc3nncs3)nc2C1. The highest BCUT2D eigenvalue weighted by molar-refractivity contribution is 7.98. The van der Waals surface area contributed by atoms with Gasteiger partial charge in [-0.1, -0.05) is 25.6 Å². The molecule has 0 radical (unpaired) electrons. The Morgan fingerprint density at radius 3 is 3.00 bits per heavy atom. The normalized spacial score (nSPS) is 17.0. The summed E-state index contributed by atoms with van der Waals surface area (Å²) in [4.78, 5) is 20.9. The van der Waals surface area contributed by atoms with Crippen molar-refractivity contribution in [2.45, 2.75) is 37.6 Å². The predicted octanol–water partition coefficient (Wildman–Crippen LogP) is 2.78. The lowest BCUT2D eigenvalue weighted by Gasteiger charge is -2.29. The van der Waals surface area contributed by atoms with Crippen LogP contribution in [0.3, 0.4) is 0 Å². The van der Waals surface area contributed by atoms with Gasteiger partial charge in [-0.05, 0) is 11.8 Å². The maximum Gasteiger partial charge on any atom is 0.188 e. The van der Waals surface area contributed by atoms with Crippen LogP contribution in [-0.4, -0.2) is 25.9 Å². The summed E-state index contributed by atoms with van der Waals surface area (Å²) in [5.41, 5.74) is 3.26. The molecule has 0 fully saturated rings. The fourth-order valence-corrected chi connectivity index (χ4v) is 3.64. The van der Waals surface area contributed by atoms with E-state index in [1.807, 2.05) is 0 Å². The third-order valence-electron chi connectivity index (χ3n) is 3.16. The first-order chi connectivity index (χ1) is 9.53. The van der Waals surface area contributed by atoms with Gasteiger partial charge in [-0.2, -0.15) is 0 Å². The lowest BCUT2D eigenvalue weighted by atomic mass is 9.76. The van der Waals surface area contributed by atoms with Gasteiger partial charge in [0, 0.05) is 12.6 Å². The smallest absolute Gasteiger partial charge is 0.188 e. The minimum Gasteiger partial charge on any atom is -0.294 e. The van der Waals surface area contributed by atoms with E-state index in [-0.39, 0.29) is 11.2 Å². The Kier molecular flexibility index (Phi) is 3.55. The predicted molar refractivity (Wildman–Crippen MR) is 77.9 cm³/mol. The van der Waals surface area contributed by atoms with Crippen LogP contribution in [0.1, 0.15) is 41.3 Å². The molecule has 2 heterocycles. The first-order valence-corrected chi connectivity index (χ1v) is 8.17. The Morgan fingerprint density at radius 1 is 1.40 bits per heavy atom. The van der Waals surface area contributed by atoms with Crippen LogP contribution in [-0.2, 0) is 12.2 Å². The molecule has 0 unspecified atom stereocenters. The van der Waals surface area contributed by atoms with Gasteiger partial charge in [0.25, 0.3) is 0 Å². The number of thioether (sulfide) groups is 1. The Labute approximate surface area is 125 Å². The summed E-state index contributed by atoms with van der Waals surface area (Å²) in [6.45, 7) is 4.20. The molecule has 2 aromatic rings. The van der Waals surface area contributed by atoms with Gasteiger partial charge in [-0.15, -0.1) is 21.5 Å². The van der Waals surface area contributed by atoms with E-state index in [1.54, 1.807) is 11.7 Å². The van der Waals surface area contributed by atoms with E-state index in [9.17, 15) is 4.79 Å². The Morgan fingerprint density at radius 2 is 2.25 bits per heavy atom. The van der Waals surface area contributed by atoms with Crippen LogP contribution in [0.5, 0.6) is 0 Å². The van der Waals surface area contributed by atoms with E-state index >= 15 is 0 Å². The molecule has 104 valence electrons. The maximum absolute atomic E-state index is 12.1. The summed E-state index contributed by atoms with van der Waals surface area (Å²) in [6, 6.07) is 0. The van der Waals surface area contributed by atoms with E-state index in [0.29, 0.717) is 22.9 Å². The number of hydrogen-bond donors (Lipinski definition) is 0. The van der Waals surface area contributed by atoms with E-state index in [4.69, 9.17) is 0 Å². The number of nitrogens with zero attached hydrogens (tertiary/aromatic N) is 4. The molecule has 1 aliphatic carbocycles. The molecule has 2 aromatic heterocycles. The number of rotatable bonds is 3. The van der Waals surface area contributed by atoms with Crippen LogP contribution in [0.25, 0.3) is 0 Å². The van der Waals surface area contributed by atoms with Crippen molar-refractivity contribution in [2.75, 3.05) is 0 Å². The summed E-state index contributed by atoms with van der Waals surface area (Å²) in [5, 5.41) is 9.45. The van der Waals surface area contributed by atoms with Crippen LogP contribution in [0.2, 0.25) is 0 Å². The summed E-state index contributed by atoms with van der Waals surface area (Å²) < 4.78 is 0. The van der Waals surface area contributed by atoms with E-state index in [2.05, 4.69) is 34.0 Å². The van der Waals surface area contributed by atoms with Gasteiger partial charge in [0.2, 0.25) is 0 Å². The molecule has 1 aliphatic rings. The molecule has 0 saturated carbocycles. The molecule has 0 atom stereocenters. The van der Waals surface area contributed by atoms with Crippen molar-refractivity contribution in [2.24, 2.45) is 5.41 Å². The van der Waals surface area contributed by atoms with Gasteiger partial charge >= 0.3 is 0 Å². The van der Waals surface area contributed by atoms with Crippen LogP contribution in [0, 0.1) is 5.41 Å². The zero-order chi connectivity index (χ0) is 14.2. The van der Waals surface area contributed by atoms with E-state index in [1.165, 1.54) is 23.1 Å². The first kappa shape index (κ1) is 13.6. The highest BCUT2D eigenvalue weighted by Crippen LogP contribution is 2.34. The number of carbonyl (C=O) groups excluding carboxylic acids is 1. The zero-order valence-electron chi connectivity index (χ0n) is 11.3. The van der Waals surface area contributed by atoms with Crippen LogP contribution < -0.4 is 0 Å². The standard InChI is InChI=1S/C13H14N4OS2/c1-13(2)3-9-8(10(18)4-13)5-14-12(16-9)19-6-11-17-15-7-20-11/h5,7H,3-4,6H2,1-2H3. The molecule has 0 bridgehead atoms. The molecular formula is C13H14N4OS2. The highest BCUT2D eigenvalue weighted by Gasteiger charge is 2.32. The molecule has 0 aliphatic heterocycles. The monoisotopic (exact) mass is 306 g/mol. The van der Waals surface area contributed by atoms with Crippen molar-refractivity contribution in [3.8, 4) is 0 Å². The second-order valence-electron chi connectivity index (χ2n) is 5.58. The second kappa shape index (κ2) is 5.21. The molecule has 0 aromatic carbocycles. The molecule has 7 heteroatoms. The topological polar surface area (TPSA) is 68.6 Å². The number of carbonyl (C=O) groups is 1. The zero-order valence-corrected chi connectivity index (χ0v) is 12.9. The quantitative estimate of drug-likeness (QED) is 0.641. The Bertz CT molecular complexity index is 640. The molecule has 3 rings (SSSR count). The lowest BCUT2D eigenvalue weighted by Crippen LogP contribution is -2.28. The van der Waals surface area contributed by atoms with Gasteiger partial charge in [-0.25, -0.2) is 9.97 Å². The fourth-order valence-electron chi connectivity index (χ4n) is 2.27. The first-order valence-electron chi connectivity index (χ1n) is 6.30. The second-order valence-corrected chi connectivity index (χ2v) is 7.44. The molecule has 0 N–H and O–H groups in total. The average molecular weight is 306 g/mol. The number of ketones is 1. The minimum atomic E-state index is -0.0143. The van der Waals surface area contributed by atoms with Crippen molar-refractivity contribution >= 4 is 28.9 Å². The van der Waals surface area contributed by atoms with Crippen LogP contribution in [0.15, 0.2) is 16.9 Å². The van der Waals surface area contributed by atoms with Crippen molar-refractivity contribution in [1.29, 1.82) is 0 Å². The number of aromatic nitrogens is 4. The van der Waals surface area contributed by atoms with Gasteiger partial charge in [-0.3, -0.25) is 4.79 Å². The average Bonchev–Trinajstić information content (AvgIpc) is 2.87. The summed E-state index contributed by atoms with van der Waals surface area (Å²) in [6.07, 6.45) is 3.06. The third-order valence-corrected chi connectivity index (χ3v) is 4.91.